The number of ketones is 1. The minimum Gasteiger partial charge on any atom is -0.491 e. The van der Waals surface area contributed by atoms with Crippen LogP contribution in [0.5, 0.6) is 5.75 Å². The molecule has 0 radical (unpaired) electrons. The first-order valence-electron chi connectivity index (χ1n) is 13.2. The third kappa shape index (κ3) is 5.24. The second kappa shape index (κ2) is 9.81. The Kier molecular flexibility index (Phi) is 6.72. The Balaban J connectivity index is 1.31. The van der Waals surface area contributed by atoms with Gasteiger partial charge in [-0.3, -0.25) is 9.69 Å². The Morgan fingerprint density at radius 2 is 1.92 bits per heavy atom. The molecule has 1 fully saturated rings. The van der Waals surface area contributed by atoms with Crippen LogP contribution < -0.4 is 4.74 Å². The molecule has 2 aliphatic heterocycles. The number of piperidine rings is 1. The molecule has 0 N–H and O–H groups in total. The predicted molar refractivity (Wildman–Crippen MR) is 140 cm³/mol. The average molecular weight is 491 g/mol. The van der Waals surface area contributed by atoms with E-state index in [0.29, 0.717) is 31.3 Å². The van der Waals surface area contributed by atoms with E-state index >= 15 is 0 Å². The van der Waals surface area contributed by atoms with Crippen molar-refractivity contribution >= 4 is 5.78 Å². The lowest BCUT2D eigenvalue weighted by atomic mass is 9.87. The third-order valence-corrected chi connectivity index (χ3v) is 7.09. The van der Waals surface area contributed by atoms with Crippen LogP contribution in [0.25, 0.3) is 22.9 Å². The molecule has 0 atom stereocenters. The van der Waals surface area contributed by atoms with E-state index in [0.717, 1.165) is 61.1 Å². The molecule has 2 aromatic heterocycles. The van der Waals surface area contributed by atoms with E-state index in [-0.39, 0.29) is 11.5 Å². The smallest absolute Gasteiger partial charge is 0.178 e. The van der Waals surface area contributed by atoms with E-state index in [9.17, 15) is 4.79 Å². The molecular formula is C28H38N6O2. The maximum atomic E-state index is 12.4. The lowest BCUT2D eigenvalue weighted by Gasteiger charge is -2.32. The summed E-state index contributed by atoms with van der Waals surface area (Å²) in [6.45, 7) is 14.4. The van der Waals surface area contributed by atoms with Gasteiger partial charge in [0, 0.05) is 18.7 Å². The van der Waals surface area contributed by atoms with Crippen molar-refractivity contribution in [3.8, 4) is 28.7 Å². The van der Waals surface area contributed by atoms with Crippen molar-refractivity contribution in [2.75, 3.05) is 26.2 Å². The van der Waals surface area contributed by atoms with Crippen LogP contribution in [0, 0.1) is 5.41 Å². The molecule has 1 saturated heterocycles. The van der Waals surface area contributed by atoms with Crippen LogP contribution in [-0.2, 0) is 11.3 Å². The number of ether oxygens (including phenoxy) is 1. The van der Waals surface area contributed by atoms with Crippen molar-refractivity contribution in [2.45, 2.75) is 72.4 Å². The molecule has 36 heavy (non-hydrogen) atoms. The normalized spacial score (nSPS) is 16.9. The zero-order valence-electron chi connectivity index (χ0n) is 22.2. The molecule has 0 amide bonds. The van der Waals surface area contributed by atoms with E-state index in [1.165, 1.54) is 5.56 Å². The monoisotopic (exact) mass is 490 g/mol. The van der Waals surface area contributed by atoms with Crippen LogP contribution in [0.15, 0.2) is 30.7 Å². The highest BCUT2D eigenvalue weighted by Gasteiger charge is 2.26. The largest absolute Gasteiger partial charge is 0.491 e. The molecule has 192 valence electrons. The lowest BCUT2D eigenvalue weighted by Crippen LogP contribution is -2.37. The van der Waals surface area contributed by atoms with E-state index in [4.69, 9.17) is 9.72 Å². The van der Waals surface area contributed by atoms with E-state index in [1.807, 2.05) is 4.68 Å². The van der Waals surface area contributed by atoms with Crippen LogP contribution in [0.2, 0.25) is 0 Å². The van der Waals surface area contributed by atoms with Gasteiger partial charge in [-0.05, 0) is 68.8 Å². The fourth-order valence-electron chi connectivity index (χ4n) is 5.39. The van der Waals surface area contributed by atoms with E-state index in [2.05, 4.69) is 78.6 Å². The highest BCUT2D eigenvalue weighted by atomic mass is 16.5. The quantitative estimate of drug-likeness (QED) is 0.486. The Hall–Kier alpha value is -3.00. The van der Waals surface area contributed by atoms with Gasteiger partial charge in [-0.25, -0.2) is 14.6 Å². The summed E-state index contributed by atoms with van der Waals surface area (Å²) in [6.07, 6.45) is 6.41. The molecule has 0 bridgehead atoms. The minimum atomic E-state index is 0.0544. The zero-order chi connectivity index (χ0) is 25.4. The molecule has 2 aliphatic rings. The Bertz CT molecular complexity index is 1230. The number of likely N-dealkylation sites (tertiary alicyclic amines) is 1. The van der Waals surface area contributed by atoms with E-state index < -0.39 is 0 Å². The SMILES string of the molecule is CC(C)n1ncnc1-c1cn2c(n1)-c1ccc(C3CCN(CC(=O)CC(C)(C)C)CC3)cc1OCC2. The van der Waals surface area contributed by atoms with Crippen LogP contribution in [0.3, 0.4) is 0 Å². The van der Waals surface area contributed by atoms with Gasteiger partial charge in [-0.2, -0.15) is 5.10 Å². The summed E-state index contributed by atoms with van der Waals surface area (Å²) >= 11 is 0. The van der Waals surface area contributed by atoms with Crippen molar-refractivity contribution in [2.24, 2.45) is 5.41 Å². The molecule has 0 aliphatic carbocycles. The number of nitrogens with zero attached hydrogens (tertiary/aromatic N) is 6. The number of carbonyl (C=O) groups is 1. The lowest BCUT2D eigenvalue weighted by molar-refractivity contribution is -0.122. The van der Waals surface area contributed by atoms with E-state index in [1.54, 1.807) is 6.33 Å². The van der Waals surface area contributed by atoms with Crippen LogP contribution in [-0.4, -0.2) is 61.2 Å². The number of fused-ring (bicyclic) bond motifs is 3. The summed E-state index contributed by atoms with van der Waals surface area (Å²) in [5.74, 6) is 3.43. The summed E-state index contributed by atoms with van der Waals surface area (Å²) in [7, 11) is 0. The Morgan fingerprint density at radius 3 is 2.64 bits per heavy atom. The Morgan fingerprint density at radius 1 is 1.14 bits per heavy atom. The Labute approximate surface area is 213 Å². The van der Waals surface area contributed by atoms with Gasteiger partial charge in [-0.1, -0.05) is 26.8 Å². The molecule has 3 aromatic rings. The van der Waals surface area contributed by atoms with Gasteiger partial charge in [0.2, 0.25) is 0 Å². The molecule has 5 rings (SSSR count). The number of carbonyl (C=O) groups excluding carboxylic acids is 1. The van der Waals surface area contributed by atoms with Crippen molar-refractivity contribution < 1.29 is 9.53 Å². The molecular weight excluding hydrogens is 452 g/mol. The summed E-state index contributed by atoms with van der Waals surface area (Å²) in [6, 6.07) is 6.81. The standard InChI is InChI=1S/C28H38N6O2/c1-19(2)34-27(29-18-30-34)24-17-33-12-13-36-25-14-21(6-7-23(25)26(33)31-24)20-8-10-32(11-9-20)16-22(35)15-28(3,4)5/h6-7,14,17-20H,8-13,15-16H2,1-5H3. The van der Waals surface area contributed by atoms with Crippen molar-refractivity contribution in [3.63, 3.8) is 0 Å². The van der Waals surface area contributed by atoms with Gasteiger partial charge < -0.3 is 9.30 Å². The number of imidazole rings is 1. The maximum absolute atomic E-state index is 12.4. The minimum absolute atomic E-state index is 0.0544. The summed E-state index contributed by atoms with van der Waals surface area (Å²) in [5, 5.41) is 4.37. The second-order valence-electron chi connectivity index (χ2n) is 11.7. The van der Waals surface area contributed by atoms with Gasteiger partial charge >= 0.3 is 0 Å². The highest BCUT2D eigenvalue weighted by Crippen LogP contribution is 2.38. The summed E-state index contributed by atoms with van der Waals surface area (Å²) < 4.78 is 10.3. The van der Waals surface area contributed by atoms with Gasteiger partial charge in [0.15, 0.2) is 5.82 Å². The fourth-order valence-corrected chi connectivity index (χ4v) is 5.39. The highest BCUT2D eigenvalue weighted by molar-refractivity contribution is 5.81. The second-order valence-corrected chi connectivity index (χ2v) is 11.7. The van der Waals surface area contributed by atoms with Crippen molar-refractivity contribution in [1.29, 1.82) is 0 Å². The molecule has 8 heteroatoms. The predicted octanol–water partition coefficient (Wildman–Crippen LogP) is 4.97. The number of Topliss-reactive ketones (excluding diaryl/α,β-unsaturated/α-hetero) is 1. The molecule has 1 aromatic carbocycles. The number of hydrogen-bond donors (Lipinski definition) is 0. The van der Waals surface area contributed by atoms with Crippen LogP contribution in [0.4, 0.5) is 0 Å². The maximum Gasteiger partial charge on any atom is 0.178 e. The summed E-state index contributed by atoms with van der Waals surface area (Å²) in [5.41, 5.74) is 3.22. The van der Waals surface area contributed by atoms with Crippen LogP contribution in [0.1, 0.15) is 71.4 Å². The zero-order valence-corrected chi connectivity index (χ0v) is 22.2. The first-order valence-corrected chi connectivity index (χ1v) is 13.2. The first kappa shape index (κ1) is 24.7. The molecule has 8 nitrogen and oxygen atoms in total. The molecule has 0 spiro atoms. The van der Waals surface area contributed by atoms with Gasteiger partial charge in [0.25, 0.3) is 0 Å². The van der Waals surface area contributed by atoms with Gasteiger partial charge in [0.05, 0.1) is 18.7 Å². The van der Waals surface area contributed by atoms with Gasteiger partial charge in [0.1, 0.15) is 36.0 Å². The number of aromatic nitrogens is 5. The van der Waals surface area contributed by atoms with Crippen LogP contribution >= 0.6 is 0 Å². The molecule has 0 saturated carbocycles. The van der Waals surface area contributed by atoms with Crippen molar-refractivity contribution in [1.82, 2.24) is 29.2 Å². The molecule has 4 heterocycles. The summed E-state index contributed by atoms with van der Waals surface area (Å²) in [4.78, 5) is 24.2. The average Bonchev–Trinajstić information content (AvgIpc) is 3.42. The fraction of sp³-hybridized carbons (Fsp3) is 0.571. The number of hydrogen-bond acceptors (Lipinski definition) is 6. The number of rotatable bonds is 6. The number of benzene rings is 1. The first-order chi connectivity index (χ1) is 17.2. The topological polar surface area (TPSA) is 78.1 Å². The molecule has 0 unspecified atom stereocenters. The third-order valence-electron chi connectivity index (χ3n) is 7.09. The van der Waals surface area contributed by atoms with Crippen molar-refractivity contribution in [3.05, 3.63) is 36.3 Å². The van der Waals surface area contributed by atoms with Gasteiger partial charge in [-0.15, -0.1) is 0 Å².